The molecule has 2 heterocycles. The molecule has 0 aliphatic heterocycles. The summed E-state index contributed by atoms with van der Waals surface area (Å²) in [6.45, 7) is 4.46. The summed E-state index contributed by atoms with van der Waals surface area (Å²) in [6, 6.07) is 24.7. The largest absolute Gasteiger partial charge is 2.00 e. The number of pyridine rings is 1. The van der Waals surface area contributed by atoms with Crippen LogP contribution in [0, 0.1) is 13.5 Å². The summed E-state index contributed by atoms with van der Waals surface area (Å²) in [7, 11) is 0. The summed E-state index contributed by atoms with van der Waals surface area (Å²) in [5, 5.41) is 3.53. The van der Waals surface area contributed by atoms with Crippen molar-refractivity contribution < 1.29 is 53.8 Å². The first kappa shape index (κ1) is 22.2. The van der Waals surface area contributed by atoms with Crippen molar-refractivity contribution >= 4 is 38.4 Å². The molecule has 5 aromatic rings. The zero-order valence-corrected chi connectivity index (χ0v) is 20.7. The van der Waals surface area contributed by atoms with Gasteiger partial charge in [-0.05, 0) is 35.1 Å². The molecule has 0 atom stereocenters. The van der Waals surface area contributed by atoms with Crippen molar-refractivity contribution in [3.8, 4) is 0 Å². The van der Waals surface area contributed by atoms with Gasteiger partial charge in [0.25, 0.3) is 0 Å². The van der Waals surface area contributed by atoms with Crippen LogP contribution in [0.3, 0.4) is 0 Å². The minimum absolute atomic E-state index is 0. The van der Waals surface area contributed by atoms with Crippen molar-refractivity contribution in [2.75, 3.05) is 0 Å². The second kappa shape index (κ2) is 8.52. The zero-order valence-electron chi connectivity index (χ0n) is 15.6. The molecule has 5 rings (SSSR count). The van der Waals surface area contributed by atoms with Gasteiger partial charge in [-0.3, -0.25) is 4.98 Å². The number of benzene rings is 3. The van der Waals surface area contributed by atoms with E-state index in [1.807, 2.05) is 12.1 Å². The fraction of sp³-hybridized carbons (Fsp3) is 0.130. The molecular formula is C23H20N2PtY. The molecule has 0 bridgehead atoms. The van der Waals surface area contributed by atoms with Gasteiger partial charge in [0.15, 0.2) is 0 Å². The van der Waals surface area contributed by atoms with E-state index < -0.39 is 0 Å². The summed E-state index contributed by atoms with van der Waals surface area (Å²) in [5.74, 6) is 0.498. The maximum atomic E-state index is 4.93. The smallest absolute Gasteiger partial charge is 0.358 e. The average Bonchev–Trinajstić information content (AvgIpc) is 3.01. The van der Waals surface area contributed by atoms with Gasteiger partial charge in [0.2, 0.25) is 0 Å². The molecule has 0 aliphatic carbocycles. The van der Waals surface area contributed by atoms with Crippen LogP contribution in [-0.2, 0) is 53.8 Å². The SMILES string of the molecule is CC(C)c1ccc2nc3c4[c-]cccc4c4ccccc4n3c2c1.[CH3-].[Pt+2].[Y]. The number of para-hydroxylation sites is 1. The molecule has 0 saturated carbocycles. The van der Waals surface area contributed by atoms with Crippen LogP contribution in [0.4, 0.5) is 0 Å². The molecule has 0 unspecified atom stereocenters. The van der Waals surface area contributed by atoms with Crippen LogP contribution in [0.1, 0.15) is 25.3 Å². The van der Waals surface area contributed by atoms with Crippen LogP contribution < -0.4 is 0 Å². The topological polar surface area (TPSA) is 17.3 Å². The molecule has 27 heavy (non-hydrogen) atoms. The fourth-order valence-corrected chi connectivity index (χ4v) is 3.61. The van der Waals surface area contributed by atoms with Gasteiger partial charge in [0, 0.05) is 38.2 Å². The summed E-state index contributed by atoms with van der Waals surface area (Å²) in [5.41, 5.74) is 5.73. The van der Waals surface area contributed by atoms with E-state index in [0.717, 1.165) is 16.6 Å². The number of hydrogen-bond acceptors (Lipinski definition) is 1. The third-order valence-electron chi connectivity index (χ3n) is 4.86. The molecule has 0 amide bonds. The molecule has 2 aromatic heterocycles. The number of hydrogen-bond donors (Lipinski definition) is 0. The van der Waals surface area contributed by atoms with Gasteiger partial charge in [-0.2, -0.15) is 0 Å². The maximum Gasteiger partial charge on any atom is 2.00 e. The first-order valence-corrected chi connectivity index (χ1v) is 8.37. The van der Waals surface area contributed by atoms with E-state index in [9.17, 15) is 0 Å². The van der Waals surface area contributed by atoms with Gasteiger partial charge < -0.3 is 11.8 Å². The molecule has 0 fully saturated rings. The number of fused-ring (bicyclic) bond motifs is 8. The van der Waals surface area contributed by atoms with Crippen LogP contribution >= 0.6 is 0 Å². The minimum Gasteiger partial charge on any atom is -0.358 e. The van der Waals surface area contributed by atoms with Crippen molar-refractivity contribution in [1.82, 2.24) is 9.38 Å². The van der Waals surface area contributed by atoms with E-state index in [1.165, 1.54) is 27.4 Å². The Hall–Kier alpha value is -1.08. The maximum absolute atomic E-state index is 4.93. The van der Waals surface area contributed by atoms with Crippen molar-refractivity contribution in [1.29, 1.82) is 0 Å². The van der Waals surface area contributed by atoms with Crippen LogP contribution in [-0.4, -0.2) is 9.38 Å². The van der Waals surface area contributed by atoms with E-state index in [2.05, 4.69) is 72.8 Å². The second-order valence-electron chi connectivity index (χ2n) is 6.65. The summed E-state index contributed by atoms with van der Waals surface area (Å²) < 4.78 is 2.29. The second-order valence-corrected chi connectivity index (χ2v) is 6.65. The Morgan fingerprint density at radius 3 is 2.44 bits per heavy atom. The average molecular weight is 608 g/mol. The standard InChI is InChI=1S/C22H17N2.CH3.Pt.Y/c1-14(2)15-11-12-19-21(13-15)24-20-10-6-5-8-17(20)16-7-3-4-9-18(16)22(24)23-19;;;/h3-8,10-14H,1-2H3;1H3;;/q2*-1;+2;. The molecule has 0 spiro atoms. The Morgan fingerprint density at radius 1 is 0.926 bits per heavy atom. The van der Waals surface area contributed by atoms with Crippen LogP contribution in [0.5, 0.6) is 0 Å². The zero-order chi connectivity index (χ0) is 16.3. The van der Waals surface area contributed by atoms with Crippen LogP contribution in [0.2, 0.25) is 0 Å². The predicted octanol–water partition coefficient (Wildman–Crippen LogP) is 6.16. The molecule has 3 aromatic carbocycles. The number of rotatable bonds is 1. The Bertz CT molecular complexity index is 1240. The van der Waals surface area contributed by atoms with Crippen molar-refractivity contribution in [2.24, 2.45) is 0 Å². The van der Waals surface area contributed by atoms with Gasteiger partial charge in [-0.25, -0.2) is 0 Å². The number of aromatic nitrogens is 2. The predicted molar refractivity (Wildman–Crippen MR) is 107 cm³/mol. The monoisotopic (exact) mass is 608 g/mol. The normalized spacial score (nSPS) is 10.8. The van der Waals surface area contributed by atoms with Gasteiger partial charge in [0.05, 0.1) is 16.7 Å². The first-order chi connectivity index (χ1) is 11.7. The van der Waals surface area contributed by atoms with Crippen LogP contribution in [0.15, 0.2) is 60.7 Å². The van der Waals surface area contributed by atoms with Gasteiger partial charge in [0.1, 0.15) is 0 Å². The molecule has 2 nitrogen and oxygen atoms in total. The van der Waals surface area contributed by atoms with Crippen molar-refractivity contribution in [3.63, 3.8) is 0 Å². The Balaban J connectivity index is 0.000000871. The van der Waals surface area contributed by atoms with E-state index in [0.29, 0.717) is 5.92 Å². The van der Waals surface area contributed by atoms with E-state index >= 15 is 0 Å². The van der Waals surface area contributed by atoms with Crippen LogP contribution in [0.25, 0.3) is 38.4 Å². The third kappa shape index (κ3) is 3.42. The first-order valence-electron chi connectivity index (χ1n) is 8.37. The number of nitrogens with zero attached hydrogens (tertiary/aromatic N) is 2. The Labute approximate surface area is 199 Å². The summed E-state index contributed by atoms with van der Waals surface area (Å²) >= 11 is 0. The summed E-state index contributed by atoms with van der Waals surface area (Å²) in [6.07, 6.45) is 0. The molecule has 4 heteroatoms. The fourth-order valence-electron chi connectivity index (χ4n) is 3.61. The Kier molecular flexibility index (Phi) is 7.01. The summed E-state index contributed by atoms with van der Waals surface area (Å²) in [4.78, 5) is 4.93. The number of imidazole rings is 1. The van der Waals surface area contributed by atoms with Gasteiger partial charge in [-0.15, -0.1) is 29.7 Å². The van der Waals surface area contributed by atoms with Gasteiger partial charge >= 0.3 is 21.1 Å². The molecule has 0 saturated heterocycles. The minimum atomic E-state index is 0. The van der Waals surface area contributed by atoms with E-state index in [1.54, 1.807) is 0 Å². The third-order valence-corrected chi connectivity index (χ3v) is 4.86. The molecule has 135 valence electrons. The molecule has 1 radical (unpaired) electrons. The molecular weight excluding hydrogens is 588 g/mol. The van der Waals surface area contributed by atoms with E-state index in [4.69, 9.17) is 4.98 Å². The molecule has 0 N–H and O–H groups in total. The molecule has 0 aliphatic rings. The van der Waals surface area contributed by atoms with E-state index in [-0.39, 0.29) is 61.2 Å². The quantitative estimate of drug-likeness (QED) is 0.165. The van der Waals surface area contributed by atoms with Crippen molar-refractivity contribution in [3.05, 3.63) is 79.7 Å². The Morgan fingerprint density at radius 2 is 1.67 bits per heavy atom. The van der Waals surface area contributed by atoms with Crippen molar-refractivity contribution in [2.45, 2.75) is 19.8 Å². The van der Waals surface area contributed by atoms with Gasteiger partial charge in [-0.1, -0.05) is 43.5 Å².